The predicted molar refractivity (Wildman–Crippen MR) is 65.0 cm³/mol. The molecule has 16 heavy (non-hydrogen) atoms. The summed E-state index contributed by atoms with van der Waals surface area (Å²) >= 11 is 0. The van der Waals surface area contributed by atoms with Gasteiger partial charge in [0, 0.05) is 0 Å². The van der Waals surface area contributed by atoms with Crippen molar-refractivity contribution in [3.63, 3.8) is 0 Å². The fourth-order valence-corrected chi connectivity index (χ4v) is 1.95. The third kappa shape index (κ3) is 4.25. The second-order valence-electron chi connectivity index (χ2n) is 4.34. The summed E-state index contributed by atoms with van der Waals surface area (Å²) < 4.78 is 5.54. The minimum Gasteiger partial charge on any atom is -0.461 e. The first-order valence-corrected chi connectivity index (χ1v) is 6.39. The zero-order valence-corrected chi connectivity index (χ0v) is 10.4. The lowest BCUT2D eigenvalue weighted by Crippen LogP contribution is -2.38. The Bertz CT molecular complexity index is 232. The summed E-state index contributed by atoms with van der Waals surface area (Å²) in [5.74, 6) is -0.0868. The molecule has 1 aliphatic heterocycles. The van der Waals surface area contributed by atoms with Crippen LogP contribution in [0.5, 0.6) is 0 Å². The zero-order valence-electron chi connectivity index (χ0n) is 10.4. The van der Waals surface area contributed by atoms with Gasteiger partial charge in [-0.2, -0.15) is 0 Å². The van der Waals surface area contributed by atoms with E-state index in [-0.39, 0.29) is 18.1 Å². The van der Waals surface area contributed by atoms with Crippen LogP contribution < -0.4 is 5.32 Å². The zero-order chi connectivity index (χ0) is 11.8. The molecule has 0 aromatic rings. The second-order valence-corrected chi connectivity index (χ2v) is 4.34. The third-order valence-electron chi connectivity index (χ3n) is 2.83. The molecule has 1 unspecified atom stereocenters. The number of allylic oxidation sites excluding steroid dienone is 1. The molecule has 3 nitrogen and oxygen atoms in total. The quantitative estimate of drug-likeness (QED) is 0.706. The molecular formula is C13H23NO2. The van der Waals surface area contributed by atoms with Crippen LogP contribution in [0.1, 0.15) is 52.4 Å². The average Bonchev–Trinajstić information content (AvgIpc) is 2.31. The summed E-state index contributed by atoms with van der Waals surface area (Å²) in [6.45, 7) is 4.25. The summed E-state index contributed by atoms with van der Waals surface area (Å²) in [7, 11) is 0. The van der Waals surface area contributed by atoms with E-state index < -0.39 is 0 Å². The Kier molecular flexibility index (Phi) is 5.98. The highest BCUT2D eigenvalue weighted by Gasteiger charge is 2.22. The predicted octanol–water partition coefficient (Wildman–Crippen LogP) is 2.76. The van der Waals surface area contributed by atoms with Crippen molar-refractivity contribution < 1.29 is 9.53 Å². The Hall–Kier alpha value is -0.990. The number of ether oxygens (including phenoxy) is 1. The van der Waals surface area contributed by atoms with E-state index in [1.807, 2.05) is 12.3 Å². The maximum Gasteiger partial charge on any atom is 0.328 e. The monoisotopic (exact) mass is 225 g/mol. The topological polar surface area (TPSA) is 38.3 Å². The molecule has 1 aliphatic rings. The van der Waals surface area contributed by atoms with Gasteiger partial charge in [-0.05, 0) is 31.9 Å². The molecule has 0 fully saturated rings. The molecule has 0 amide bonds. The lowest BCUT2D eigenvalue weighted by Gasteiger charge is -2.23. The molecular weight excluding hydrogens is 202 g/mol. The number of nitrogens with one attached hydrogen (secondary N) is 1. The lowest BCUT2D eigenvalue weighted by molar-refractivity contribution is -0.152. The SMILES string of the molecule is CCCC(CCC)OC(=O)C1CCC=CN1. The van der Waals surface area contributed by atoms with E-state index in [2.05, 4.69) is 19.2 Å². The minimum atomic E-state index is -0.138. The minimum absolute atomic E-state index is 0.0868. The van der Waals surface area contributed by atoms with Crippen molar-refractivity contribution in [2.24, 2.45) is 0 Å². The molecule has 0 saturated carbocycles. The Morgan fingerprint density at radius 1 is 1.44 bits per heavy atom. The van der Waals surface area contributed by atoms with Crippen LogP contribution in [0.4, 0.5) is 0 Å². The van der Waals surface area contributed by atoms with Crippen LogP contribution >= 0.6 is 0 Å². The number of rotatable bonds is 6. The second kappa shape index (κ2) is 7.31. The highest BCUT2D eigenvalue weighted by molar-refractivity contribution is 5.76. The van der Waals surface area contributed by atoms with Gasteiger partial charge in [0.25, 0.3) is 0 Å². The van der Waals surface area contributed by atoms with Crippen LogP contribution in [0, 0.1) is 0 Å². The van der Waals surface area contributed by atoms with Gasteiger partial charge in [0.1, 0.15) is 12.1 Å². The molecule has 92 valence electrons. The van der Waals surface area contributed by atoms with E-state index in [0.29, 0.717) is 0 Å². The van der Waals surface area contributed by atoms with Crippen LogP contribution in [0.15, 0.2) is 12.3 Å². The maximum atomic E-state index is 11.8. The van der Waals surface area contributed by atoms with E-state index in [9.17, 15) is 4.79 Å². The highest BCUT2D eigenvalue weighted by atomic mass is 16.5. The normalized spacial score (nSPS) is 19.6. The molecule has 1 rings (SSSR count). The summed E-state index contributed by atoms with van der Waals surface area (Å²) in [4.78, 5) is 11.8. The van der Waals surface area contributed by atoms with Crippen LogP contribution in [-0.2, 0) is 9.53 Å². The fraction of sp³-hybridized carbons (Fsp3) is 0.769. The summed E-state index contributed by atoms with van der Waals surface area (Å²) in [5.41, 5.74) is 0. The number of esters is 1. The molecule has 0 radical (unpaired) electrons. The number of hydrogen-bond acceptors (Lipinski definition) is 3. The number of hydrogen-bond donors (Lipinski definition) is 1. The van der Waals surface area contributed by atoms with Gasteiger partial charge in [-0.3, -0.25) is 0 Å². The van der Waals surface area contributed by atoms with Gasteiger partial charge < -0.3 is 10.1 Å². The molecule has 0 aromatic heterocycles. The Morgan fingerprint density at radius 2 is 2.12 bits per heavy atom. The van der Waals surface area contributed by atoms with Gasteiger partial charge in [-0.1, -0.05) is 32.8 Å². The fourth-order valence-electron chi connectivity index (χ4n) is 1.95. The van der Waals surface area contributed by atoms with E-state index in [1.54, 1.807) is 0 Å². The van der Waals surface area contributed by atoms with E-state index in [4.69, 9.17) is 4.74 Å². The van der Waals surface area contributed by atoms with E-state index in [1.165, 1.54) is 0 Å². The number of carbonyl (C=O) groups is 1. The molecule has 1 N–H and O–H groups in total. The van der Waals surface area contributed by atoms with Crippen molar-refractivity contribution >= 4 is 5.97 Å². The summed E-state index contributed by atoms with van der Waals surface area (Å²) in [6.07, 6.45) is 9.88. The van der Waals surface area contributed by atoms with Gasteiger partial charge in [0.15, 0.2) is 0 Å². The maximum absolute atomic E-state index is 11.8. The Balaban J connectivity index is 2.37. The molecule has 0 saturated heterocycles. The molecule has 0 bridgehead atoms. The average molecular weight is 225 g/mol. The van der Waals surface area contributed by atoms with E-state index >= 15 is 0 Å². The van der Waals surface area contributed by atoms with Crippen LogP contribution in [0.25, 0.3) is 0 Å². The van der Waals surface area contributed by atoms with E-state index in [0.717, 1.165) is 38.5 Å². The molecule has 0 aromatic carbocycles. The van der Waals surface area contributed by atoms with Crippen molar-refractivity contribution in [2.75, 3.05) is 0 Å². The Morgan fingerprint density at radius 3 is 2.62 bits per heavy atom. The first-order valence-electron chi connectivity index (χ1n) is 6.39. The first-order chi connectivity index (χ1) is 7.77. The van der Waals surface area contributed by atoms with Gasteiger partial charge in [-0.15, -0.1) is 0 Å². The van der Waals surface area contributed by atoms with Crippen molar-refractivity contribution in [1.82, 2.24) is 5.32 Å². The molecule has 1 atom stereocenters. The first kappa shape index (κ1) is 13.1. The van der Waals surface area contributed by atoms with Crippen LogP contribution in [-0.4, -0.2) is 18.1 Å². The van der Waals surface area contributed by atoms with Crippen LogP contribution in [0.2, 0.25) is 0 Å². The van der Waals surface area contributed by atoms with Crippen LogP contribution in [0.3, 0.4) is 0 Å². The molecule has 1 heterocycles. The summed E-state index contributed by atoms with van der Waals surface area (Å²) in [6, 6.07) is -0.138. The van der Waals surface area contributed by atoms with Crippen molar-refractivity contribution in [3.05, 3.63) is 12.3 Å². The standard InChI is InChI=1S/C13H23NO2/c1-3-7-11(8-4-2)16-13(15)12-9-5-6-10-14-12/h6,10-12,14H,3-5,7-9H2,1-2H3. The van der Waals surface area contributed by atoms with Crippen molar-refractivity contribution in [3.8, 4) is 0 Å². The molecule has 3 heteroatoms. The van der Waals surface area contributed by atoms with Gasteiger partial charge in [-0.25, -0.2) is 4.79 Å². The van der Waals surface area contributed by atoms with Gasteiger partial charge in [0.05, 0.1) is 0 Å². The molecule has 0 spiro atoms. The smallest absolute Gasteiger partial charge is 0.328 e. The lowest BCUT2D eigenvalue weighted by atomic mass is 10.1. The number of carbonyl (C=O) groups excluding carboxylic acids is 1. The third-order valence-corrected chi connectivity index (χ3v) is 2.83. The van der Waals surface area contributed by atoms with Gasteiger partial charge in [0.2, 0.25) is 0 Å². The summed E-state index contributed by atoms with van der Waals surface area (Å²) in [5, 5.41) is 3.05. The molecule has 0 aliphatic carbocycles. The highest BCUT2D eigenvalue weighted by Crippen LogP contribution is 2.13. The Labute approximate surface area is 98.2 Å². The van der Waals surface area contributed by atoms with Crippen molar-refractivity contribution in [1.29, 1.82) is 0 Å². The largest absolute Gasteiger partial charge is 0.461 e. The van der Waals surface area contributed by atoms with Crippen molar-refractivity contribution in [2.45, 2.75) is 64.5 Å². The van der Waals surface area contributed by atoms with Gasteiger partial charge >= 0.3 is 5.97 Å².